The Balaban J connectivity index is 3.31. The van der Waals surface area contributed by atoms with E-state index >= 15 is 0 Å². The molecular weight excluding hydrogens is 172 g/mol. The van der Waals surface area contributed by atoms with Gasteiger partial charge in [0.1, 0.15) is 0 Å². The summed E-state index contributed by atoms with van der Waals surface area (Å²) in [6, 6.07) is 0. The van der Waals surface area contributed by atoms with Gasteiger partial charge in [-0.2, -0.15) is 0 Å². The molecule has 80 valence electrons. The molecular formula is C13H22O. The Morgan fingerprint density at radius 1 is 1.29 bits per heavy atom. The molecule has 0 fully saturated rings. The highest BCUT2D eigenvalue weighted by molar-refractivity contribution is 5.01. The monoisotopic (exact) mass is 194 g/mol. The quantitative estimate of drug-likeness (QED) is 0.421. The fraction of sp³-hybridized carbons (Fsp3) is 0.538. The Labute approximate surface area is 88.2 Å². The molecule has 0 atom stereocenters. The van der Waals surface area contributed by atoms with E-state index in [1.807, 2.05) is 6.92 Å². The third kappa shape index (κ3) is 9.27. The topological polar surface area (TPSA) is 9.23 Å². The van der Waals surface area contributed by atoms with Crippen molar-refractivity contribution >= 4 is 0 Å². The molecule has 0 aromatic heterocycles. The summed E-state index contributed by atoms with van der Waals surface area (Å²) in [5.74, 6) is 0. The molecule has 0 amide bonds. The Morgan fingerprint density at radius 2 is 2.07 bits per heavy atom. The number of rotatable bonds is 8. The van der Waals surface area contributed by atoms with Crippen molar-refractivity contribution in [1.82, 2.24) is 0 Å². The summed E-state index contributed by atoms with van der Waals surface area (Å²) in [6.07, 6.45) is 12.9. The Kier molecular flexibility index (Phi) is 9.66. The van der Waals surface area contributed by atoms with Gasteiger partial charge in [0, 0.05) is 7.11 Å². The van der Waals surface area contributed by atoms with Crippen molar-refractivity contribution in [3.05, 3.63) is 36.5 Å². The molecule has 0 spiro atoms. The van der Waals surface area contributed by atoms with E-state index in [1.165, 1.54) is 12.0 Å². The van der Waals surface area contributed by atoms with E-state index < -0.39 is 0 Å². The van der Waals surface area contributed by atoms with Crippen molar-refractivity contribution in [3.63, 3.8) is 0 Å². The van der Waals surface area contributed by atoms with Gasteiger partial charge in [0.05, 0.1) is 6.61 Å². The SMILES string of the molecule is C=C(C/C=C/C)CCC/C=C/COC. The van der Waals surface area contributed by atoms with Crippen LogP contribution in [0.15, 0.2) is 36.5 Å². The van der Waals surface area contributed by atoms with E-state index in [-0.39, 0.29) is 0 Å². The lowest BCUT2D eigenvalue weighted by Gasteiger charge is -1.99. The number of unbranched alkanes of at least 4 members (excludes halogenated alkanes) is 1. The van der Waals surface area contributed by atoms with E-state index in [4.69, 9.17) is 4.74 Å². The molecule has 1 heteroatoms. The zero-order chi connectivity index (χ0) is 10.6. The first-order chi connectivity index (χ1) is 6.81. The summed E-state index contributed by atoms with van der Waals surface area (Å²) < 4.78 is 4.91. The molecule has 0 saturated carbocycles. The summed E-state index contributed by atoms with van der Waals surface area (Å²) in [4.78, 5) is 0. The third-order valence-corrected chi connectivity index (χ3v) is 1.97. The molecule has 0 aromatic carbocycles. The molecule has 0 aliphatic carbocycles. The van der Waals surface area contributed by atoms with E-state index in [2.05, 4.69) is 30.9 Å². The predicted molar refractivity (Wildman–Crippen MR) is 63.4 cm³/mol. The van der Waals surface area contributed by atoms with Crippen LogP contribution < -0.4 is 0 Å². The van der Waals surface area contributed by atoms with E-state index in [0.717, 1.165) is 25.9 Å². The van der Waals surface area contributed by atoms with Gasteiger partial charge >= 0.3 is 0 Å². The first-order valence-electron chi connectivity index (χ1n) is 5.23. The van der Waals surface area contributed by atoms with Crippen LogP contribution in [-0.2, 0) is 4.74 Å². The van der Waals surface area contributed by atoms with Crippen LogP contribution in [-0.4, -0.2) is 13.7 Å². The van der Waals surface area contributed by atoms with Crippen molar-refractivity contribution in [2.45, 2.75) is 32.6 Å². The van der Waals surface area contributed by atoms with Crippen molar-refractivity contribution in [1.29, 1.82) is 0 Å². The maximum atomic E-state index is 4.91. The summed E-state index contributed by atoms with van der Waals surface area (Å²) in [5, 5.41) is 0. The summed E-state index contributed by atoms with van der Waals surface area (Å²) >= 11 is 0. The minimum atomic E-state index is 0.722. The molecule has 0 aliphatic rings. The zero-order valence-corrected chi connectivity index (χ0v) is 9.46. The standard InChI is InChI=1S/C13H22O/c1-4-5-10-13(2)11-8-6-7-9-12-14-3/h4-5,7,9H,2,6,8,10-12H2,1,3H3/b5-4+,9-7+. The highest BCUT2D eigenvalue weighted by atomic mass is 16.5. The molecule has 14 heavy (non-hydrogen) atoms. The average molecular weight is 194 g/mol. The van der Waals surface area contributed by atoms with Crippen LogP contribution in [0.25, 0.3) is 0 Å². The highest BCUT2D eigenvalue weighted by Gasteiger charge is 1.90. The second kappa shape index (κ2) is 10.3. The number of hydrogen-bond donors (Lipinski definition) is 0. The minimum absolute atomic E-state index is 0.722. The fourth-order valence-corrected chi connectivity index (χ4v) is 1.14. The van der Waals surface area contributed by atoms with Crippen molar-refractivity contribution in [3.8, 4) is 0 Å². The summed E-state index contributed by atoms with van der Waals surface area (Å²) in [7, 11) is 1.71. The normalized spacial score (nSPS) is 11.6. The van der Waals surface area contributed by atoms with Gasteiger partial charge in [-0.25, -0.2) is 0 Å². The van der Waals surface area contributed by atoms with Crippen LogP contribution in [0.3, 0.4) is 0 Å². The second-order valence-electron chi connectivity index (χ2n) is 3.34. The predicted octanol–water partition coefficient (Wildman–Crippen LogP) is 3.88. The molecule has 0 heterocycles. The lowest BCUT2D eigenvalue weighted by Crippen LogP contribution is -1.82. The van der Waals surface area contributed by atoms with E-state index in [9.17, 15) is 0 Å². The number of hydrogen-bond acceptors (Lipinski definition) is 1. The summed E-state index contributed by atoms with van der Waals surface area (Å²) in [6.45, 7) is 6.79. The van der Waals surface area contributed by atoms with Gasteiger partial charge < -0.3 is 4.74 Å². The van der Waals surface area contributed by atoms with Crippen LogP contribution in [0, 0.1) is 0 Å². The van der Waals surface area contributed by atoms with Gasteiger partial charge in [0.15, 0.2) is 0 Å². The lowest BCUT2D eigenvalue weighted by atomic mass is 10.1. The largest absolute Gasteiger partial charge is 0.381 e. The highest BCUT2D eigenvalue weighted by Crippen LogP contribution is 2.09. The molecule has 1 nitrogen and oxygen atoms in total. The Morgan fingerprint density at radius 3 is 2.71 bits per heavy atom. The van der Waals surface area contributed by atoms with Gasteiger partial charge in [-0.15, -0.1) is 0 Å². The zero-order valence-electron chi connectivity index (χ0n) is 9.46. The molecule has 0 aromatic rings. The maximum absolute atomic E-state index is 4.91. The number of methoxy groups -OCH3 is 1. The Bertz CT molecular complexity index is 189. The molecule has 0 aliphatic heterocycles. The maximum Gasteiger partial charge on any atom is 0.0643 e. The third-order valence-electron chi connectivity index (χ3n) is 1.97. The Hall–Kier alpha value is -0.820. The van der Waals surface area contributed by atoms with Crippen LogP contribution in [0.2, 0.25) is 0 Å². The van der Waals surface area contributed by atoms with Gasteiger partial charge in [-0.05, 0) is 32.6 Å². The van der Waals surface area contributed by atoms with Gasteiger partial charge in [0.2, 0.25) is 0 Å². The smallest absolute Gasteiger partial charge is 0.0643 e. The molecule has 0 unspecified atom stereocenters. The van der Waals surface area contributed by atoms with Gasteiger partial charge in [-0.1, -0.05) is 36.5 Å². The van der Waals surface area contributed by atoms with Crippen molar-refractivity contribution in [2.75, 3.05) is 13.7 Å². The fourth-order valence-electron chi connectivity index (χ4n) is 1.14. The molecule has 0 saturated heterocycles. The van der Waals surface area contributed by atoms with Crippen LogP contribution in [0.4, 0.5) is 0 Å². The molecule has 0 bridgehead atoms. The van der Waals surface area contributed by atoms with Crippen LogP contribution in [0.1, 0.15) is 32.6 Å². The average Bonchev–Trinajstić information content (AvgIpc) is 2.20. The first-order valence-corrected chi connectivity index (χ1v) is 5.23. The molecule has 0 N–H and O–H groups in total. The van der Waals surface area contributed by atoms with Crippen molar-refractivity contribution in [2.24, 2.45) is 0 Å². The first kappa shape index (κ1) is 13.2. The lowest BCUT2D eigenvalue weighted by molar-refractivity contribution is 0.233. The minimum Gasteiger partial charge on any atom is -0.381 e. The molecule has 0 rings (SSSR count). The second-order valence-corrected chi connectivity index (χ2v) is 3.34. The van der Waals surface area contributed by atoms with Crippen LogP contribution in [0.5, 0.6) is 0 Å². The summed E-state index contributed by atoms with van der Waals surface area (Å²) in [5.41, 5.74) is 1.32. The van der Waals surface area contributed by atoms with E-state index in [1.54, 1.807) is 7.11 Å². The van der Waals surface area contributed by atoms with Crippen molar-refractivity contribution < 1.29 is 4.74 Å². The van der Waals surface area contributed by atoms with Gasteiger partial charge in [-0.3, -0.25) is 0 Å². The molecule has 0 radical (unpaired) electrons. The van der Waals surface area contributed by atoms with E-state index in [0.29, 0.717) is 0 Å². The number of ether oxygens (including phenoxy) is 1. The number of allylic oxidation sites excluding steroid dienone is 4. The van der Waals surface area contributed by atoms with Gasteiger partial charge in [0.25, 0.3) is 0 Å². The van der Waals surface area contributed by atoms with Crippen LogP contribution >= 0.6 is 0 Å².